The summed E-state index contributed by atoms with van der Waals surface area (Å²) >= 11 is 0. The van der Waals surface area contributed by atoms with Crippen molar-refractivity contribution in [2.75, 3.05) is 11.5 Å². The maximum Gasteiger partial charge on any atom is 0.181 e. The van der Waals surface area contributed by atoms with E-state index in [1.54, 1.807) is 18.2 Å². The van der Waals surface area contributed by atoms with E-state index in [1.165, 1.54) is 6.26 Å². The molecule has 0 unspecified atom stereocenters. The van der Waals surface area contributed by atoms with Crippen LogP contribution >= 0.6 is 0 Å². The van der Waals surface area contributed by atoms with E-state index in [2.05, 4.69) is 0 Å². The molecule has 0 N–H and O–H groups in total. The van der Waals surface area contributed by atoms with Gasteiger partial charge in [-0.15, -0.1) is 0 Å². The lowest BCUT2D eigenvalue weighted by Crippen LogP contribution is -2.18. The second-order valence-corrected chi connectivity index (χ2v) is 7.05. The van der Waals surface area contributed by atoms with Gasteiger partial charge in [-0.25, -0.2) is 8.42 Å². The summed E-state index contributed by atoms with van der Waals surface area (Å²) in [5.74, 6) is -0.769. The highest BCUT2D eigenvalue weighted by Gasteiger charge is 2.20. The summed E-state index contributed by atoms with van der Waals surface area (Å²) in [6.45, 7) is 2.01. The van der Waals surface area contributed by atoms with Crippen LogP contribution in [0, 0.1) is 0 Å². The van der Waals surface area contributed by atoms with Crippen LogP contribution in [0.2, 0.25) is 0 Å². The van der Waals surface area contributed by atoms with Crippen molar-refractivity contribution in [2.24, 2.45) is 0 Å². The molecule has 0 spiro atoms. The number of para-hydroxylation sites is 1. The summed E-state index contributed by atoms with van der Waals surface area (Å²) in [6, 6.07) is 7.11. The third-order valence-electron chi connectivity index (χ3n) is 3.19. The van der Waals surface area contributed by atoms with E-state index in [0.29, 0.717) is 23.0 Å². The summed E-state index contributed by atoms with van der Waals surface area (Å²) in [5, 5.41) is 0.668. The maximum absolute atomic E-state index is 12.1. The molecule has 0 radical (unpaired) electrons. The van der Waals surface area contributed by atoms with Crippen LogP contribution in [-0.4, -0.2) is 25.7 Å². The Kier molecular flexibility index (Phi) is 4.60. The summed E-state index contributed by atoms with van der Waals surface area (Å²) < 4.78 is 29.1. The van der Waals surface area contributed by atoms with Gasteiger partial charge < -0.3 is 4.42 Å². The zero-order valence-corrected chi connectivity index (χ0v) is 12.3. The molecule has 20 heavy (non-hydrogen) atoms. The number of carbonyl (C=O) groups excluding carboxylic acids is 1. The number of benzene rings is 1. The van der Waals surface area contributed by atoms with Gasteiger partial charge in [0.05, 0.1) is 11.3 Å². The summed E-state index contributed by atoms with van der Waals surface area (Å²) in [5.41, 5.74) is 0.943. The van der Waals surface area contributed by atoms with Gasteiger partial charge in [-0.05, 0) is 12.5 Å². The van der Waals surface area contributed by atoms with E-state index in [9.17, 15) is 13.2 Å². The number of fused-ring (bicyclic) bond motifs is 1. The van der Waals surface area contributed by atoms with Crippen LogP contribution in [0.1, 0.15) is 36.5 Å². The Morgan fingerprint density at radius 3 is 2.70 bits per heavy atom. The smallest absolute Gasteiger partial charge is 0.181 e. The van der Waals surface area contributed by atoms with Gasteiger partial charge in [0, 0.05) is 5.39 Å². The minimum atomic E-state index is -3.34. The van der Waals surface area contributed by atoms with Crippen LogP contribution in [0.15, 0.2) is 34.9 Å². The fraction of sp³-hybridized carbons (Fsp3) is 0.400. The molecule has 0 bridgehead atoms. The molecule has 0 amide bonds. The molecule has 0 aliphatic rings. The molecule has 4 nitrogen and oxygen atoms in total. The largest absolute Gasteiger partial charge is 0.464 e. The first-order valence-corrected chi connectivity index (χ1v) is 8.55. The van der Waals surface area contributed by atoms with Gasteiger partial charge in [0.15, 0.2) is 15.6 Å². The molecular weight excluding hydrogens is 276 g/mol. The molecule has 2 aromatic rings. The van der Waals surface area contributed by atoms with Crippen molar-refractivity contribution >= 4 is 26.6 Å². The molecule has 0 aliphatic heterocycles. The van der Waals surface area contributed by atoms with Crippen LogP contribution in [-0.2, 0) is 9.84 Å². The lowest BCUT2D eigenvalue weighted by Gasteiger charge is -2.02. The predicted octanol–water partition coefficient (Wildman–Crippen LogP) is 3.22. The molecule has 0 fully saturated rings. The quantitative estimate of drug-likeness (QED) is 0.581. The molecule has 1 aromatic carbocycles. The Balaban J connectivity index is 2.12. The topological polar surface area (TPSA) is 64.3 Å². The van der Waals surface area contributed by atoms with E-state index in [1.807, 2.05) is 13.0 Å². The lowest BCUT2D eigenvalue weighted by atomic mass is 10.1. The fourth-order valence-electron chi connectivity index (χ4n) is 2.12. The van der Waals surface area contributed by atoms with Crippen LogP contribution in [0.25, 0.3) is 11.0 Å². The van der Waals surface area contributed by atoms with E-state index in [-0.39, 0.29) is 5.75 Å². The van der Waals surface area contributed by atoms with Crippen molar-refractivity contribution in [1.82, 2.24) is 0 Å². The first kappa shape index (κ1) is 14.8. The molecule has 1 aromatic heterocycles. The average molecular weight is 294 g/mol. The maximum atomic E-state index is 12.1. The van der Waals surface area contributed by atoms with Crippen LogP contribution in [0.4, 0.5) is 0 Å². The third-order valence-corrected chi connectivity index (χ3v) is 4.80. The highest BCUT2D eigenvalue weighted by Crippen LogP contribution is 2.21. The van der Waals surface area contributed by atoms with Crippen LogP contribution in [0.5, 0.6) is 0 Å². The van der Waals surface area contributed by atoms with Crippen molar-refractivity contribution in [3.05, 3.63) is 36.1 Å². The van der Waals surface area contributed by atoms with Crippen molar-refractivity contribution in [1.29, 1.82) is 0 Å². The summed E-state index contributed by atoms with van der Waals surface area (Å²) in [6.07, 6.45) is 3.77. The Morgan fingerprint density at radius 1 is 1.20 bits per heavy atom. The molecular formula is C15H18O4S. The molecule has 0 aliphatic carbocycles. The Morgan fingerprint density at radius 2 is 1.95 bits per heavy atom. The van der Waals surface area contributed by atoms with Gasteiger partial charge in [-0.3, -0.25) is 4.79 Å². The molecule has 0 saturated heterocycles. The fourth-order valence-corrected chi connectivity index (χ4v) is 3.46. The molecule has 108 valence electrons. The summed E-state index contributed by atoms with van der Waals surface area (Å²) in [4.78, 5) is 12.1. The van der Waals surface area contributed by atoms with Gasteiger partial charge in [-0.1, -0.05) is 38.0 Å². The lowest BCUT2D eigenvalue weighted by molar-refractivity contribution is 0.102. The molecule has 0 saturated carbocycles. The Labute approximate surface area is 118 Å². The predicted molar refractivity (Wildman–Crippen MR) is 78.7 cm³/mol. The van der Waals surface area contributed by atoms with E-state index >= 15 is 0 Å². The monoisotopic (exact) mass is 294 g/mol. The molecule has 0 atom stereocenters. The number of Topliss-reactive ketones (excluding diaryl/α,β-unsaturated/α-hetero) is 1. The standard InChI is InChI=1S/C15H18O4S/c1-2-3-6-9-20(17,18)11-14(16)13-10-19-15-8-5-4-7-12(13)15/h4-5,7-8,10H,2-3,6,9,11H2,1H3. The number of furan rings is 1. The number of hydrogen-bond acceptors (Lipinski definition) is 4. The normalized spacial score (nSPS) is 11.8. The van der Waals surface area contributed by atoms with E-state index in [0.717, 1.165) is 12.8 Å². The number of rotatable bonds is 7. The summed E-state index contributed by atoms with van der Waals surface area (Å²) in [7, 11) is -3.34. The average Bonchev–Trinajstić information content (AvgIpc) is 2.82. The van der Waals surface area contributed by atoms with Crippen LogP contribution < -0.4 is 0 Å². The number of hydrogen-bond donors (Lipinski definition) is 0. The van der Waals surface area contributed by atoms with Crippen molar-refractivity contribution in [2.45, 2.75) is 26.2 Å². The van der Waals surface area contributed by atoms with Crippen molar-refractivity contribution < 1.29 is 17.6 Å². The van der Waals surface area contributed by atoms with Crippen molar-refractivity contribution in [3.63, 3.8) is 0 Å². The van der Waals surface area contributed by atoms with Gasteiger partial charge >= 0.3 is 0 Å². The Hall–Kier alpha value is -1.62. The van der Waals surface area contributed by atoms with Crippen LogP contribution in [0.3, 0.4) is 0 Å². The molecule has 5 heteroatoms. The first-order chi connectivity index (χ1) is 9.53. The van der Waals surface area contributed by atoms with Gasteiger partial charge in [0.25, 0.3) is 0 Å². The number of sulfone groups is 1. The number of carbonyl (C=O) groups is 1. The van der Waals surface area contributed by atoms with Gasteiger partial charge in [0.2, 0.25) is 0 Å². The van der Waals surface area contributed by atoms with E-state index < -0.39 is 21.4 Å². The van der Waals surface area contributed by atoms with E-state index in [4.69, 9.17) is 4.42 Å². The number of ketones is 1. The highest BCUT2D eigenvalue weighted by atomic mass is 32.2. The molecule has 1 heterocycles. The zero-order valence-electron chi connectivity index (χ0n) is 11.5. The zero-order chi connectivity index (χ0) is 14.6. The Bertz CT molecular complexity index is 697. The first-order valence-electron chi connectivity index (χ1n) is 6.73. The SMILES string of the molecule is CCCCCS(=O)(=O)CC(=O)c1coc2ccccc12. The second-order valence-electron chi connectivity index (χ2n) is 4.87. The highest BCUT2D eigenvalue weighted by molar-refractivity contribution is 7.92. The second kappa shape index (κ2) is 6.22. The van der Waals surface area contributed by atoms with Gasteiger partial charge in [0.1, 0.15) is 17.6 Å². The minimum absolute atomic E-state index is 0.0718. The number of unbranched alkanes of at least 4 members (excludes halogenated alkanes) is 2. The third kappa shape index (κ3) is 3.48. The van der Waals surface area contributed by atoms with Crippen molar-refractivity contribution in [3.8, 4) is 0 Å². The van der Waals surface area contributed by atoms with Gasteiger partial charge in [-0.2, -0.15) is 0 Å². The minimum Gasteiger partial charge on any atom is -0.464 e. The molecule has 2 rings (SSSR count).